The van der Waals surface area contributed by atoms with E-state index in [-0.39, 0.29) is 5.78 Å². The molecule has 2 aromatic rings. The number of para-hydroxylation sites is 1. The number of halogens is 1. The highest BCUT2D eigenvalue weighted by Gasteiger charge is 2.20. The lowest BCUT2D eigenvalue weighted by molar-refractivity contribution is 0.0926. The Bertz CT molecular complexity index is 676. The minimum absolute atomic E-state index is 0.158. The second-order valence-electron chi connectivity index (χ2n) is 5.98. The Morgan fingerprint density at radius 1 is 1.00 bits per heavy atom. The first-order valence-corrected chi connectivity index (χ1v) is 8.33. The number of aryl methyl sites for hydroxylation is 1. The lowest BCUT2D eigenvalue weighted by atomic mass is 10.1. The van der Waals surface area contributed by atoms with E-state index in [1.54, 1.807) is 24.3 Å². The predicted molar refractivity (Wildman–Crippen MR) is 95.6 cm³/mol. The second kappa shape index (κ2) is 7.16. The van der Waals surface area contributed by atoms with Crippen LogP contribution in [0.1, 0.15) is 15.9 Å². The molecule has 23 heavy (non-hydrogen) atoms. The normalized spacial score (nSPS) is 15.7. The first kappa shape index (κ1) is 16.0. The Balaban J connectivity index is 1.56. The van der Waals surface area contributed by atoms with Crippen molar-refractivity contribution >= 4 is 23.1 Å². The summed E-state index contributed by atoms with van der Waals surface area (Å²) in [6, 6.07) is 15.6. The van der Waals surface area contributed by atoms with Gasteiger partial charge in [-0.3, -0.25) is 9.69 Å². The van der Waals surface area contributed by atoms with Crippen LogP contribution in [-0.4, -0.2) is 43.4 Å². The molecule has 0 amide bonds. The summed E-state index contributed by atoms with van der Waals surface area (Å²) in [5, 5.41) is 0.661. The topological polar surface area (TPSA) is 23.6 Å². The van der Waals surface area contributed by atoms with Gasteiger partial charge in [0.1, 0.15) is 0 Å². The molecule has 0 aliphatic carbocycles. The van der Waals surface area contributed by atoms with Crippen molar-refractivity contribution < 1.29 is 4.79 Å². The van der Waals surface area contributed by atoms with Crippen molar-refractivity contribution in [2.45, 2.75) is 6.92 Å². The molecule has 0 atom stereocenters. The van der Waals surface area contributed by atoms with Crippen LogP contribution in [0.2, 0.25) is 5.02 Å². The van der Waals surface area contributed by atoms with Crippen LogP contribution in [0.25, 0.3) is 0 Å². The van der Waals surface area contributed by atoms with E-state index in [2.05, 4.69) is 41.0 Å². The number of carbonyl (C=O) groups is 1. The lowest BCUT2D eigenvalue weighted by Crippen LogP contribution is -2.48. The highest BCUT2D eigenvalue weighted by molar-refractivity contribution is 6.30. The molecular formula is C19H21ClN2O. The van der Waals surface area contributed by atoms with Crippen molar-refractivity contribution in [2.24, 2.45) is 0 Å². The number of benzene rings is 2. The lowest BCUT2D eigenvalue weighted by Gasteiger charge is -2.36. The van der Waals surface area contributed by atoms with Crippen LogP contribution in [0.3, 0.4) is 0 Å². The number of piperazine rings is 1. The monoisotopic (exact) mass is 328 g/mol. The van der Waals surface area contributed by atoms with E-state index in [1.165, 1.54) is 11.3 Å². The standard InChI is InChI=1S/C19H21ClN2O/c1-15-4-2-3-5-18(15)22-12-10-21(11-13-22)14-19(23)16-6-8-17(20)9-7-16/h2-9H,10-14H2,1H3. The summed E-state index contributed by atoms with van der Waals surface area (Å²) in [5.74, 6) is 0.158. The zero-order valence-corrected chi connectivity index (χ0v) is 14.1. The first-order valence-electron chi connectivity index (χ1n) is 7.95. The Kier molecular flexibility index (Phi) is 4.99. The third-order valence-electron chi connectivity index (χ3n) is 4.36. The minimum Gasteiger partial charge on any atom is -0.369 e. The molecule has 0 unspecified atom stereocenters. The number of nitrogens with zero attached hydrogens (tertiary/aromatic N) is 2. The van der Waals surface area contributed by atoms with Gasteiger partial charge in [-0.15, -0.1) is 0 Å². The summed E-state index contributed by atoms with van der Waals surface area (Å²) >= 11 is 5.87. The van der Waals surface area contributed by atoms with E-state index < -0.39 is 0 Å². The Morgan fingerprint density at radius 2 is 1.65 bits per heavy atom. The maximum absolute atomic E-state index is 12.3. The van der Waals surface area contributed by atoms with Crippen molar-refractivity contribution in [1.29, 1.82) is 0 Å². The van der Waals surface area contributed by atoms with Crippen LogP contribution in [0.5, 0.6) is 0 Å². The maximum atomic E-state index is 12.3. The van der Waals surface area contributed by atoms with E-state index in [0.29, 0.717) is 11.6 Å². The number of ketones is 1. The number of carbonyl (C=O) groups excluding carboxylic acids is 1. The second-order valence-corrected chi connectivity index (χ2v) is 6.42. The van der Waals surface area contributed by atoms with Gasteiger partial charge in [-0.2, -0.15) is 0 Å². The van der Waals surface area contributed by atoms with Crippen molar-refractivity contribution in [3.8, 4) is 0 Å². The molecule has 3 nitrogen and oxygen atoms in total. The van der Waals surface area contributed by atoms with Crippen LogP contribution in [0, 0.1) is 6.92 Å². The summed E-state index contributed by atoms with van der Waals surface area (Å²) in [4.78, 5) is 17.0. The van der Waals surface area contributed by atoms with Gasteiger partial charge in [0.05, 0.1) is 6.54 Å². The summed E-state index contributed by atoms with van der Waals surface area (Å²) in [7, 11) is 0. The average Bonchev–Trinajstić information content (AvgIpc) is 2.57. The summed E-state index contributed by atoms with van der Waals surface area (Å²) < 4.78 is 0. The van der Waals surface area contributed by atoms with Gasteiger partial charge in [0, 0.05) is 42.5 Å². The minimum atomic E-state index is 0.158. The van der Waals surface area contributed by atoms with Gasteiger partial charge >= 0.3 is 0 Å². The van der Waals surface area contributed by atoms with E-state index in [1.807, 2.05) is 0 Å². The molecule has 1 fully saturated rings. The van der Waals surface area contributed by atoms with Crippen LogP contribution in [-0.2, 0) is 0 Å². The number of Topliss-reactive ketones (excluding diaryl/α,β-unsaturated/α-hetero) is 1. The molecule has 0 bridgehead atoms. The molecule has 0 N–H and O–H groups in total. The summed E-state index contributed by atoms with van der Waals surface area (Å²) in [6.07, 6.45) is 0. The van der Waals surface area contributed by atoms with Crippen LogP contribution >= 0.6 is 11.6 Å². The molecule has 1 aliphatic rings. The Morgan fingerprint density at radius 3 is 2.30 bits per heavy atom. The number of hydrogen-bond acceptors (Lipinski definition) is 3. The molecule has 4 heteroatoms. The van der Waals surface area contributed by atoms with Gasteiger partial charge in [-0.05, 0) is 42.8 Å². The molecule has 1 heterocycles. The zero-order valence-electron chi connectivity index (χ0n) is 13.3. The van der Waals surface area contributed by atoms with Crippen LogP contribution in [0.4, 0.5) is 5.69 Å². The fourth-order valence-electron chi connectivity index (χ4n) is 3.00. The van der Waals surface area contributed by atoms with Gasteiger partial charge in [0.15, 0.2) is 5.78 Å². The molecule has 0 aromatic heterocycles. The molecule has 0 radical (unpaired) electrons. The van der Waals surface area contributed by atoms with Crippen LogP contribution in [0.15, 0.2) is 48.5 Å². The zero-order chi connectivity index (χ0) is 16.2. The highest BCUT2D eigenvalue weighted by Crippen LogP contribution is 2.21. The summed E-state index contributed by atoms with van der Waals surface area (Å²) in [6.45, 7) is 6.36. The van der Waals surface area contributed by atoms with Crippen molar-refractivity contribution in [2.75, 3.05) is 37.6 Å². The third-order valence-corrected chi connectivity index (χ3v) is 4.61. The molecule has 2 aromatic carbocycles. The SMILES string of the molecule is Cc1ccccc1N1CCN(CC(=O)c2ccc(Cl)cc2)CC1. The molecule has 1 aliphatic heterocycles. The van der Waals surface area contributed by atoms with Gasteiger partial charge in [0.25, 0.3) is 0 Å². The molecule has 3 rings (SSSR count). The van der Waals surface area contributed by atoms with E-state index in [9.17, 15) is 4.79 Å². The number of hydrogen-bond donors (Lipinski definition) is 0. The first-order chi connectivity index (χ1) is 11.1. The maximum Gasteiger partial charge on any atom is 0.176 e. The number of rotatable bonds is 4. The van der Waals surface area contributed by atoms with Gasteiger partial charge in [-0.1, -0.05) is 29.8 Å². The van der Waals surface area contributed by atoms with Gasteiger partial charge in [0.2, 0.25) is 0 Å². The van der Waals surface area contributed by atoms with Gasteiger partial charge < -0.3 is 4.90 Å². The number of anilines is 1. The molecular weight excluding hydrogens is 308 g/mol. The largest absolute Gasteiger partial charge is 0.369 e. The molecule has 0 saturated carbocycles. The van der Waals surface area contributed by atoms with Gasteiger partial charge in [-0.25, -0.2) is 0 Å². The molecule has 120 valence electrons. The fraction of sp³-hybridized carbons (Fsp3) is 0.316. The smallest absolute Gasteiger partial charge is 0.176 e. The molecule has 1 saturated heterocycles. The highest BCUT2D eigenvalue weighted by atomic mass is 35.5. The average molecular weight is 329 g/mol. The quantitative estimate of drug-likeness (QED) is 0.800. The summed E-state index contributed by atoms with van der Waals surface area (Å²) in [5.41, 5.74) is 3.34. The van der Waals surface area contributed by atoms with E-state index in [0.717, 1.165) is 31.7 Å². The Hall–Kier alpha value is -1.84. The molecule has 0 spiro atoms. The third kappa shape index (κ3) is 3.92. The van der Waals surface area contributed by atoms with E-state index >= 15 is 0 Å². The van der Waals surface area contributed by atoms with Crippen molar-refractivity contribution in [3.63, 3.8) is 0 Å². The predicted octanol–water partition coefficient (Wildman–Crippen LogP) is 3.65. The van der Waals surface area contributed by atoms with Crippen molar-refractivity contribution in [1.82, 2.24) is 4.90 Å². The van der Waals surface area contributed by atoms with Crippen molar-refractivity contribution in [3.05, 3.63) is 64.7 Å². The van der Waals surface area contributed by atoms with Crippen LogP contribution < -0.4 is 4.90 Å². The Labute approximate surface area is 142 Å². The van der Waals surface area contributed by atoms with E-state index in [4.69, 9.17) is 11.6 Å². The fourth-order valence-corrected chi connectivity index (χ4v) is 3.12.